The van der Waals surface area contributed by atoms with E-state index in [4.69, 9.17) is 5.73 Å². The molecule has 0 radical (unpaired) electrons. The molecule has 0 spiro atoms. The van der Waals surface area contributed by atoms with Gasteiger partial charge in [-0.15, -0.1) is 0 Å². The summed E-state index contributed by atoms with van der Waals surface area (Å²) in [5.74, 6) is 0.0171. The molecule has 4 heteroatoms. The summed E-state index contributed by atoms with van der Waals surface area (Å²) in [6.45, 7) is 4.41. The molecule has 0 fully saturated rings. The van der Waals surface area contributed by atoms with Gasteiger partial charge in [0.15, 0.2) is 0 Å². The molecule has 1 amide bonds. The fourth-order valence-corrected chi connectivity index (χ4v) is 2.50. The molecule has 3 N–H and O–H groups in total. The summed E-state index contributed by atoms with van der Waals surface area (Å²) in [6, 6.07) is 9.46. The van der Waals surface area contributed by atoms with Gasteiger partial charge in [-0.1, -0.05) is 12.1 Å². The molecule has 0 unspecified atom stereocenters. The van der Waals surface area contributed by atoms with E-state index in [-0.39, 0.29) is 5.91 Å². The Morgan fingerprint density at radius 1 is 1.26 bits per heavy atom. The van der Waals surface area contributed by atoms with Crippen molar-refractivity contribution >= 4 is 22.9 Å². The van der Waals surface area contributed by atoms with Crippen molar-refractivity contribution in [2.75, 3.05) is 5.73 Å². The van der Waals surface area contributed by atoms with Gasteiger partial charge in [-0.3, -0.25) is 4.79 Å². The van der Waals surface area contributed by atoms with Crippen LogP contribution in [0.5, 0.6) is 0 Å². The Morgan fingerprint density at radius 3 is 2.53 bits per heavy atom. The van der Waals surface area contributed by atoms with E-state index < -0.39 is 5.41 Å². The maximum absolute atomic E-state index is 12.3. The summed E-state index contributed by atoms with van der Waals surface area (Å²) < 4.78 is 0. The smallest absolute Gasteiger partial charge is 0.230 e. The van der Waals surface area contributed by atoms with Gasteiger partial charge in [0.2, 0.25) is 5.91 Å². The maximum Gasteiger partial charge on any atom is 0.230 e. The summed E-state index contributed by atoms with van der Waals surface area (Å²) in [4.78, 5) is 12.3. The molecule has 1 aromatic carbocycles. The molecule has 2 aromatic rings. The molecule has 19 heavy (non-hydrogen) atoms. The van der Waals surface area contributed by atoms with Crippen molar-refractivity contribution < 1.29 is 4.79 Å². The average molecular weight is 274 g/mol. The molecule has 0 aliphatic rings. The maximum atomic E-state index is 12.3. The van der Waals surface area contributed by atoms with E-state index >= 15 is 0 Å². The van der Waals surface area contributed by atoms with Crippen LogP contribution in [0.15, 0.2) is 41.1 Å². The third kappa shape index (κ3) is 3.15. The zero-order chi connectivity index (χ0) is 13.9. The molecule has 0 atom stereocenters. The second kappa shape index (κ2) is 5.45. The molecule has 2 rings (SSSR count). The largest absolute Gasteiger partial charge is 0.399 e. The lowest BCUT2D eigenvalue weighted by Crippen LogP contribution is -2.39. The summed E-state index contributed by atoms with van der Waals surface area (Å²) in [6.07, 6.45) is 0. The molecule has 0 bridgehead atoms. The Balaban J connectivity index is 2.06. The van der Waals surface area contributed by atoms with E-state index in [0.29, 0.717) is 12.2 Å². The van der Waals surface area contributed by atoms with Crippen molar-refractivity contribution in [2.45, 2.75) is 25.8 Å². The first-order chi connectivity index (χ1) is 9.00. The zero-order valence-electron chi connectivity index (χ0n) is 11.1. The average Bonchev–Trinajstić information content (AvgIpc) is 2.89. The number of nitrogens with one attached hydrogen (secondary N) is 1. The van der Waals surface area contributed by atoms with E-state index in [1.165, 1.54) is 0 Å². The van der Waals surface area contributed by atoms with E-state index in [1.807, 2.05) is 54.9 Å². The lowest BCUT2D eigenvalue weighted by atomic mass is 9.83. The topological polar surface area (TPSA) is 55.1 Å². The Kier molecular flexibility index (Phi) is 3.90. The molecule has 100 valence electrons. The van der Waals surface area contributed by atoms with Crippen LogP contribution in [-0.2, 0) is 16.8 Å². The first kappa shape index (κ1) is 13.6. The SMILES string of the molecule is CC(C)(C(=O)NCc1ccsc1)c1ccc(N)cc1. The highest BCUT2D eigenvalue weighted by molar-refractivity contribution is 7.07. The molecule has 1 aromatic heterocycles. The van der Waals surface area contributed by atoms with Gasteiger partial charge in [0.05, 0.1) is 5.41 Å². The summed E-state index contributed by atoms with van der Waals surface area (Å²) >= 11 is 1.63. The Morgan fingerprint density at radius 2 is 1.95 bits per heavy atom. The highest BCUT2D eigenvalue weighted by atomic mass is 32.1. The Bertz CT molecular complexity index is 544. The number of hydrogen-bond acceptors (Lipinski definition) is 3. The third-order valence-electron chi connectivity index (χ3n) is 3.23. The number of benzene rings is 1. The molecule has 0 aliphatic heterocycles. The molecular formula is C15H18N2OS. The van der Waals surface area contributed by atoms with Crippen LogP contribution in [0.4, 0.5) is 5.69 Å². The quantitative estimate of drug-likeness (QED) is 0.842. The minimum absolute atomic E-state index is 0.0171. The normalized spacial score (nSPS) is 11.3. The van der Waals surface area contributed by atoms with Gasteiger partial charge in [0.1, 0.15) is 0 Å². The number of anilines is 1. The van der Waals surface area contributed by atoms with Crippen LogP contribution in [-0.4, -0.2) is 5.91 Å². The first-order valence-electron chi connectivity index (χ1n) is 6.15. The van der Waals surface area contributed by atoms with Gasteiger partial charge in [-0.2, -0.15) is 11.3 Å². The van der Waals surface area contributed by atoms with Crippen LogP contribution in [0.2, 0.25) is 0 Å². The van der Waals surface area contributed by atoms with Gasteiger partial charge in [0, 0.05) is 12.2 Å². The molecule has 3 nitrogen and oxygen atoms in total. The molecule has 0 saturated carbocycles. The van der Waals surface area contributed by atoms with Crippen molar-refractivity contribution in [1.82, 2.24) is 5.32 Å². The van der Waals surface area contributed by atoms with E-state index in [0.717, 1.165) is 11.1 Å². The van der Waals surface area contributed by atoms with Crippen molar-refractivity contribution in [3.8, 4) is 0 Å². The predicted octanol–water partition coefficient (Wildman–Crippen LogP) is 2.92. The first-order valence-corrected chi connectivity index (χ1v) is 7.10. The number of hydrogen-bond donors (Lipinski definition) is 2. The predicted molar refractivity (Wildman–Crippen MR) is 80.0 cm³/mol. The van der Waals surface area contributed by atoms with Crippen molar-refractivity contribution in [3.63, 3.8) is 0 Å². The van der Waals surface area contributed by atoms with Gasteiger partial charge in [-0.25, -0.2) is 0 Å². The molecular weight excluding hydrogens is 256 g/mol. The van der Waals surface area contributed by atoms with Crippen LogP contribution in [0.25, 0.3) is 0 Å². The minimum Gasteiger partial charge on any atom is -0.399 e. The van der Waals surface area contributed by atoms with E-state index in [1.54, 1.807) is 11.3 Å². The van der Waals surface area contributed by atoms with Gasteiger partial charge < -0.3 is 11.1 Å². The van der Waals surface area contributed by atoms with Gasteiger partial charge >= 0.3 is 0 Å². The molecule has 0 saturated heterocycles. The number of carbonyl (C=O) groups excluding carboxylic acids is 1. The second-order valence-corrected chi connectivity index (χ2v) is 5.84. The van der Waals surface area contributed by atoms with Crippen LogP contribution in [0.1, 0.15) is 25.0 Å². The third-order valence-corrected chi connectivity index (χ3v) is 3.97. The second-order valence-electron chi connectivity index (χ2n) is 5.06. The highest BCUT2D eigenvalue weighted by Gasteiger charge is 2.29. The van der Waals surface area contributed by atoms with Gasteiger partial charge in [-0.05, 0) is 53.9 Å². The number of amides is 1. The number of nitrogens with two attached hydrogens (primary N) is 1. The minimum atomic E-state index is -0.566. The highest BCUT2D eigenvalue weighted by Crippen LogP contribution is 2.24. The zero-order valence-corrected chi connectivity index (χ0v) is 12.0. The number of thiophene rings is 1. The number of rotatable bonds is 4. The fraction of sp³-hybridized carbons (Fsp3) is 0.267. The van der Waals surface area contributed by atoms with Crippen LogP contribution in [0, 0.1) is 0 Å². The van der Waals surface area contributed by atoms with Crippen molar-refractivity contribution in [1.29, 1.82) is 0 Å². The lowest BCUT2D eigenvalue weighted by molar-refractivity contribution is -0.125. The fourth-order valence-electron chi connectivity index (χ4n) is 1.83. The lowest BCUT2D eigenvalue weighted by Gasteiger charge is -2.24. The van der Waals surface area contributed by atoms with E-state index in [9.17, 15) is 4.79 Å². The standard InChI is InChI=1S/C15H18N2OS/c1-15(2,12-3-5-13(16)6-4-12)14(18)17-9-11-7-8-19-10-11/h3-8,10H,9,16H2,1-2H3,(H,17,18). The van der Waals surface area contributed by atoms with Crippen LogP contribution in [0.3, 0.4) is 0 Å². The van der Waals surface area contributed by atoms with Crippen molar-refractivity contribution in [2.24, 2.45) is 0 Å². The van der Waals surface area contributed by atoms with E-state index in [2.05, 4.69) is 5.32 Å². The summed E-state index contributed by atoms with van der Waals surface area (Å²) in [5.41, 5.74) is 7.90. The summed E-state index contributed by atoms with van der Waals surface area (Å²) in [5, 5.41) is 7.02. The summed E-state index contributed by atoms with van der Waals surface area (Å²) in [7, 11) is 0. The van der Waals surface area contributed by atoms with Crippen LogP contribution < -0.4 is 11.1 Å². The molecule has 0 aliphatic carbocycles. The Hall–Kier alpha value is -1.81. The van der Waals surface area contributed by atoms with Crippen LogP contribution >= 0.6 is 11.3 Å². The number of nitrogen functional groups attached to an aromatic ring is 1. The Labute approximate surface area is 117 Å². The van der Waals surface area contributed by atoms with Gasteiger partial charge in [0.25, 0.3) is 0 Å². The molecule has 1 heterocycles. The van der Waals surface area contributed by atoms with Crippen molar-refractivity contribution in [3.05, 3.63) is 52.2 Å². The number of carbonyl (C=O) groups is 1. The monoisotopic (exact) mass is 274 g/mol.